The van der Waals surface area contributed by atoms with Gasteiger partial charge in [0.25, 0.3) is 5.56 Å². The number of aromatic nitrogens is 2. The van der Waals surface area contributed by atoms with Crippen molar-refractivity contribution in [1.82, 2.24) is 9.55 Å². The first-order valence-corrected chi connectivity index (χ1v) is 11.4. The Labute approximate surface area is 199 Å². The van der Waals surface area contributed by atoms with E-state index in [9.17, 15) is 14.7 Å². The summed E-state index contributed by atoms with van der Waals surface area (Å²) in [6, 6.07) is 8.19. The van der Waals surface area contributed by atoms with Gasteiger partial charge in [-0.15, -0.1) is 0 Å². The molecule has 3 rings (SSSR count). The molecule has 0 aliphatic heterocycles. The van der Waals surface area contributed by atoms with Crippen molar-refractivity contribution in [2.75, 3.05) is 12.4 Å². The van der Waals surface area contributed by atoms with Crippen molar-refractivity contribution in [3.05, 3.63) is 56.3 Å². The predicted molar refractivity (Wildman–Crippen MR) is 129 cm³/mol. The minimum atomic E-state index is -0.774. The van der Waals surface area contributed by atoms with Crippen LogP contribution in [0.5, 0.6) is 5.75 Å². The van der Waals surface area contributed by atoms with Crippen LogP contribution in [0.3, 0.4) is 0 Å². The maximum atomic E-state index is 13.0. The van der Waals surface area contributed by atoms with Crippen LogP contribution in [0.4, 0.5) is 5.69 Å². The fourth-order valence-electron chi connectivity index (χ4n) is 3.06. The highest BCUT2D eigenvalue weighted by molar-refractivity contribution is 8.00. The number of nitrogens with one attached hydrogen (secondary N) is 1. The van der Waals surface area contributed by atoms with E-state index in [1.54, 1.807) is 44.2 Å². The number of ether oxygens (including phenoxy) is 1. The van der Waals surface area contributed by atoms with Crippen LogP contribution in [-0.2, 0) is 11.3 Å². The van der Waals surface area contributed by atoms with Crippen molar-refractivity contribution >= 4 is 57.5 Å². The van der Waals surface area contributed by atoms with Crippen molar-refractivity contribution in [3.63, 3.8) is 0 Å². The summed E-state index contributed by atoms with van der Waals surface area (Å²) in [6.07, 6.45) is -0.774. The normalized spacial score (nSPS) is 13.1. The maximum Gasteiger partial charge on any atom is 0.262 e. The summed E-state index contributed by atoms with van der Waals surface area (Å²) >= 11 is 13.3. The molecule has 32 heavy (non-hydrogen) atoms. The number of anilines is 1. The molecule has 0 aliphatic carbocycles. The molecule has 170 valence electrons. The molecule has 2 N–H and O–H groups in total. The lowest BCUT2D eigenvalue weighted by atomic mass is 10.2. The van der Waals surface area contributed by atoms with E-state index in [4.69, 9.17) is 27.9 Å². The van der Waals surface area contributed by atoms with E-state index in [2.05, 4.69) is 10.3 Å². The van der Waals surface area contributed by atoms with Crippen molar-refractivity contribution in [2.24, 2.45) is 0 Å². The Morgan fingerprint density at radius 1 is 1.28 bits per heavy atom. The van der Waals surface area contributed by atoms with Gasteiger partial charge >= 0.3 is 0 Å². The first-order valence-electron chi connectivity index (χ1n) is 9.80. The summed E-state index contributed by atoms with van der Waals surface area (Å²) < 4.78 is 6.69. The zero-order chi connectivity index (χ0) is 23.6. The number of halogens is 2. The maximum absolute atomic E-state index is 13.0. The van der Waals surface area contributed by atoms with Crippen molar-refractivity contribution in [2.45, 2.75) is 43.8 Å². The minimum absolute atomic E-state index is 0.0469. The van der Waals surface area contributed by atoms with Crippen LogP contribution in [0.15, 0.2) is 40.3 Å². The number of hydrogen-bond acceptors (Lipinski definition) is 6. The van der Waals surface area contributed by atoms with Gasteiger partial charge in [0.2, 0.25) is 5.91 Å². The van der Waals surface area contributed by atoms with Crippen molar-refractivity contribution in [1.29, 1.82) is 0 Å². The van der Waals surface area contributed by atoms with Crippen LogP contribution >= 0.6 is 35.0 Å². The Morgan fingerprint density at radius 3 is 2.66 bits per heavy atom. The summed E-state index contributed by atoms with van der Waals surface area (Å²) in [4.78, 5) is 30.5. The summed E-state index contributed by atoms with van der Waals surface area (Å²) in [5.74, 6) is 0.134. The smallest absolute Gasteiger partial charge is 0.262 e. The van der Waals surface area contributed by atoms with Crippen molar-refractivity contribution < 1.29 is 14.6 Å². The monoisotopic (exact) mass is 495 g/mol. The van der Waals surface area contributed by atoms with E-state index in [0.717, 1.165) is 17.3 Å². The molecule has 0 saturated heterocycles. The summed E-state index contributed by atoms with van der Waals surface area (Å²) in [6.45, 7) is 5.16. The molecule has 7 nitrogen and oxygen atoms in total. The van der Waals surface area contributed by atoms with Gasteiger partial charge in [-0.2, -0.15) is 0 Å². The number of amides is 1. The minimum Gasteiger partial charge on any atom is -0.495 e. The second-order valence-corrected chi connectivity index (χ2v) is 9.52. The van der Waals surface area contributed by atoms with Gasteiger partial charge in [-0.25, -0.2) is 4.98 Å². The second-order valence-electron chi connectivity index (χ2n) is 7.37. The number of nitrogens with zero attached hydrogens (tertiary/aromatic N) is 2. The molecule has 1 amide bonds. The number of carbonyl (C=O) groups excluding carboxylic acids is 1. The third-order valence-corrected chi connectivity index (χ3v) is 6.45. The van der Waals surface area contributed by atoms with Crippen LogP contribution in [0.25, 0.3) is 10.9 Å². The molecule has 2 atom stereocenters. The van der Waals surface area contributed by atoms with Gasteiger partial charge in [-0.1, -0.05) is 35.0 Å². The SMILES string of the molecule is COc1cc(Cl)c(C)cc1NC(=O)[C@@H](C)Sc1nc2cc(Cl)ccc2c(=O)n1C[C@H](C)O. The standard InChI is InChI=1S/C22H23Cl2N3O4S/c1-11-7-18(19(31-4)9-16(11)24)25-20(29)13(3)32-22-26-17-8-14(23)5-6-15(17)21(30)27(22)10-12(2)28/h5-9,12-13,28H,10H2,1-4H3,(H,25,29)/t12-,13+/m0/s1. The third-order valence-electron chi connectivity index (χ3n) is 4.72. The molecule has 2 aromatic carbocycles. The summed E-state index contributed by atoms with van der Waals surface area (Å²) in [5, 5.41) is 13.8. The summed E-state index contributed by atoms with van der Waals surface area (Å²) in [7, 11) is 1.49. The Hall–Kier alpha value is -2.26. The molecule has 0 saturated carbocycles. The Balaban J connectivity index is 1.93. The lowest BCUT2D eigenvalue weighted by molar-refractivity contribution is -0.115. The predicted octanol–water partition coefficient (Wildman–Crippen LogP) is 4.52. The van der Waals surface area contributed by atoms with Gasteiger partial charge in [0.15, 0.2) is 5.16 Å². The topological polar surface area (TPSA) is 93.5 Å². The number of rotatable bonds is 7. The first-order chi connectivity index (χ1) is 15.1. The molecular formula is C22H23Cl2N3O4S. The largest absolute Gasteiger partial charge is 0.495 e. The van der Waals surface area contributed by atoms with E-state index in [1.807, 2.05) is 6.92 Å². The van der Waals surface area contributed by atoms with Crippen LogP contribution in [0.1, 0.15) is 19.4 Å². The number of benzene rings is 2. The Bertz CT molecular complexity index is 1230. The molecular weight excluding hydrogens is 473 g/mol. The highest BCUT2D eigenvalue weighted by atomic mass is 35.5. The molecule has 0 spiro atoms. The zero-order valence-electron chi connectivity index (χ0n) is 18.0. The molecule has 3 aromatic rings. The molecule has 1 aromatic heterocycles. The van der Waals surface area contributed by atoms with Crippen LogP contribution in [-0.4, -0.2) is 39.0 Å². The molecule has 0 bridgehead atoms. The highest BCUT2D eigenvalue weighted by Gasteiger charge is 2.21. The van der Waals surface area contributed by atoms with Gasteiger partial charge in [0, 0.05) is 16.1 Å². The fraction of sp³-hybridized carbons (Fsp3) is 0.318. The third kappa shape index (κ3) is 5.38. The Morgan fingerprint density at radius 2 is 2.00 bits per heavy atom. The number of carbonyl (C=O) groups is 1. The number of aliphatic hydroxyl groups is 1. The lowest BCUT2D eigenvalue weighted by Crippen LogP contribution is -2.29. The molecule has 1 heterocycles. The van der Waals surface area contributed by atoms with Gasteiger partial charge in [0.1, 0.15) is 5.75 Å². The first kappa shape index (κ1) is 24.4. The van der Waals surface area contributed by atoms with E-state index in [0.29, 0.717) is 37.5 Å². The van der Waals surface area contributed by atoms with E-state index >= 15 is 0 Å². The lowest BCUT2D eigenvalue weighted by Gasteiger charge is -2.18. The zero-order valence-corrected chi connectivity index (χ0v) is 20.3. The molecule has 0 radical (unpaired) electrons. The average Bonchev–Trinajstić information content (AvgIpc) is 2.72. The van der Waals surface area contributed by atoms with Crippen LogP contribution in [0, 0.1) is 6.92 Å². The summed E-state index contributed by atoms with van der Waals surface area (Å²) in [5.41, 5.74) is 1.40. The fourth-order valence-corrected chi connectivity index (χ4v) is 4.30. The second kappa shape index (κ2) is 10.1. The van der Waals surface area contributed by atoms with E-state index in [-0.39, 0.29) is 18.0 Å². The van der Waals surface area contributed by atoms with Gasteiger partial charge in [-0.05, 0) is 50.6 Å². The molecule has 0 unspecified atom stereocenters. The number of thioether (sulfide) groups is 1. The van der Waals surface area contributed by atoms with Gasteiger partial charge in [0.05, 0.1) is 41.6 Å². The highest BCUT2D eigenvalue weighted by Crippen LogP contribution is 2.32. The Kier molecular flexibility index (Phi) is 7.71. The van der Waals surface area contributed by atoms with Crippen LogP contribution in [0.2, 0.25) is 10.0 Å². The number of aliphatic hydroxyl groups excluding tert-OH is 1. The van der Waals surface area contributed by atoms with E-state index < -0.39 is 11.4 Å². The number of hydrogen-bond donors (Lipinski definition) is 2. The van der Waals surface area contributed by atoms with Crippen LogP contribution < -0.4 is 15.6 Å². The average molecular weight is 496 g/mol. The van der Waals surface area contributed by atoms with Crippen molar-refractivity contribution in [3.8, 4) is 5.75 Å². The van der Waals surface area contributed by atoms with Gasteiger partial charge < -0.3 is 15.2 Å². The number of fused-ring (bicyclic) bond motifs is 1. The number of aryl methyl sites for hydroxylation is 1. The molecule has 10 heteroatoms. The van der Waals surface area contributed by atoms with Gasteiger partial charge in [-0.3, -0.25) is 14.2 Å². The van der Waals surface area contributed by atoms with E-state index in [1.165, 1.54) is 11.7 Å². The number of methoxy groups -OCH3 is 1. The molecule has 0 fully saturated rings. The molecule has 0 aliphatic rings. The quantitative estimate of drug-likeness (QED) is 0.369.